The van der Waals surface area contributed by atoms with Gasteiger partial charge in [-0.3, -0.25) is 0 Å². The highest BCUT2D eigenvalue weighted by Gasteiger charge is 2.37. The normalized spacial score (nSPS) is 11.6. The molecule has 0 unspecified atom stereocenters. The lowest BCUT2D eigenvalue weighted by Crippen LogP contribution is -2.14. The Hall–Kier alpha value is -1.23. The van der Waals surface area contributed by atoms with Crippen LogP contribution in [-0.4, -0.2) is 4.98 Å². The van der Waals surface area contributed by atoms with Gasteiger partial charge in [-0.25, -0.2) is 13.8 Å². The summed E-state index contributed by atoms with van der Waals surface area (Å²) in [6, 6.07) is 2.06. The molecule has 1 rings (SSSR count). The molecule has 0 aliphatic carbocycles. The van der Waals surface area contributed by atoms with E-state index in [0.29, 0.717) is 0 Å². The Kier molecular flexibility index (Phi) is 4.03. The first kappa shape index (κ1) is 13.8. The van der Waals surface area contributed by atoms with Gasteiger partial charge in [0.05, 0.1) is 5.56 Å². The molecule has 0 atom stereocenters. The number of nitriles is 1. The Labute approximate surface area is 101 Å². The summed E-state index contributed by atoms with van der Waals surface area (Å²) in [7, 11) is 0. The van der Waals surface area contributed by atoms with E-state index in [1.807, 2.05) is 0 Å². The first-order chi connectivity index (χ1) is 7.81. The van der Waals surface area contributed by atoms with Crippen LogP contribution in [0.1, 0.15) is 28.9 Å². The Morgan fingerprint density at radius 2 is 2.00 bits per heavy atom. The van der Waals surface area contributed by atoms with Crippen molar-refractivity contribution in [3.05, 3.63) is 28.6 Å². The maximum Gasteiger partial charge on any atom is 0.434 e. The summed E-state index contributed by atoms with van der Waals surface area (Å²) >= 11 is 2.85. The molecule has 8 heteroatoms. The van der Waals surface area contributed by atoms with Crippen LogP contribution in [0.25, 0.3) is 0 Å². The van der Waals surface area contributed by atoms with Crippen molar-refractivity contribution in [2.24, 2.45) is 0 Å². The van der Waals surface area contributed by atoms with Gasteiger partial charge in [-0.2, -0.15) is 18.4 Å². The summed E-state index contributed by atoms with van der Waals surface area (Å²) in [5.74, 6) is 0. The molecule has 0 aromatic carbocycles. The molecule has 92 valence electrons. The summed E-state index contributed by atoms with van der Waals surface area (Å²) < 4.78 is 62.3. The molecule has 0 N–H and O–H groups in total. The molecule has 0 amide bonds. The zero-order chi connectivity index (χ0) is 13.2. The number of alkyl halides is 6. The van der Waals surface area contributed by atoms with Gasteiger partial charge in [0, 0.05) is 5.33 Å². The number of hydrogen-bond donors (Lipinski definition) is 0. The van der Waals surface area contributed by atoms with Gasteiger partial charge in [0.1, 0.15) is 11.8 Å². The molecule has 0 spiro atoms. The highest BCUT2D eigenvalue weighted by molar-refractivity contribution is 9.08. The van der Waals surface area contributed by atoms with Crippen LogP contribution < -0.4 is 0 Å². The smallest absolute Gasteiger partial charge is 0.241 e. The van der Waals surface area contributed by atoms with Crippen molar-refractivity contribution in [1.82, 2.24) is 4.98 Å². The fourth-order valence-corrected chi connectivity index (χ4v) is 1.62. The van der Waals surface area contributed by atoms with Gasteiger partial charge >= 0.3 is 6.18 Å². The van der Waals surface area contributed by atoms with Gasteiger partial charge in [0.2, 0.25) is 0 Å². The van der Waals surface area contributed by atoms with E-state index in [0.717, 1.165) is 6.07 Å². The third-order valence-corrected chi connectivity index (χ3v) is 2.48. The van der Waals surface area contributed by atoms with Crippen LogP contribution in [0.3, 0.4) is 0 Å². The van der Waals surface area contributed by atoms with Gasteiger partial charge in [-0.15, -0.1) is 0 Å². The van der Waals surface area contributed by atoms with Crippen molar-refractivity contribution in [2.45, 2.75) is 17.9 Å². The van der Waals surface area contributed by atoms with Crippen LogP contribution in [-0.2, 0) is 11.5 Å². The number of nitrogens with zero attached hydrogens (tertiary/aromatic N) is 2. The number of halogens is 6. The van der Waals surface area contributed by atoms with E-state index >= 15 is 0 Å². The third kappa shape index (κ3) is 2.91. The maximum atomic E-state index is 12.5. The molecule has 1 aromatic rings. The molecule has 0 aliphatic heterocycles. The van der Waals surface area contributed by atoms with Crippen LogP contribution in [0.2, 0.25) is 0 Å². The first-order valence-corrected chi connectivity index (χ1v) is 5.28. The Balaban J connectivity index is 3.52. The molecular weight excluding hydrogens is 311 g/mol. The average Bonchev–Trinajstić information content (AvgIpc) is 2.25. The van der Waals surface area contributed by atoms with Crippen LogP contribution in [0.4, 0.5) is 22.0 Å². The second-order valence-electron chi connectivity index (χ2n) is 2.97. The summed E-state index contributed by atoms with van der Waals surface area (Å²) in [4.78, 5) is 2.86. The van der Waals surface area contributed by atoms with E-state index in [1.54, 1.807) is 0 Å². The van der Waals surface area contributed by atoms with E-state index in [1.165, 1.54) is 6.07 Å². The van der Waals surface area contributed by atoms with Crippen LogP contribution in [0.15, 0.2) is 6.07 Å². The van der Waals surface area contributed by atoms with Crippen molar-refractivity contribution in [3.63, 3.8) is 0 Å². The van der Waals surface area contributed by atoms with Crippen molar-refractivity contribution in [3.8, 4) is 6.07 Å². The second kappa shape index (κ2) is 4.96. The van der Waals surface area contributed by atoms with E-state index in [-0.39, 0.29) is 10.9 Å². The lowest BCUT2D eigenvalue weighted by Gasteiger charge is -2.12. The molecule has 1 aromatic heterocycles. The van der Waals surface area contributed by atoms with Crippen molar-refractivity contribution < 1.29 is 22.0 Å². The topological polar surface area (TPSA) is 36.7 Å². The van der Waals surface area contributed by atoms with Crippen LogP contribution >= 0.6 is 15.9 Å². The Morgan fingerprint density at radius 1 is 1.41 bits per heavy atom. The molecule has 0 saturated carbocycles. The second-order valence-corrected chi connectivity index (χ2v) is 3.53. The summed E-state index contributed by atoms with van der Waals surface area (Å²) in [5, 5.41) is 8.43. The molecule has 0 saturated heterocycles. The maximum absolute atomic E-state index is 12.5. The predicted octanol–water partition coefficient (Wildman–Crippen LogP) is 3.80. The minimum Gasteiger partial charge on any atom is -0.241 e. The van der Waals surface area contributed by atoms with E-state index in [4.69, 9.17) is 5.26 Å². The molecule has 0 aliphatic rings. The van der Waals surface area contributed by atoms with Crippen molar-refractivity contribution >= 4 is 15.9 Å². The first-order valence-electron chi connectivity index (χ1n) is 4.16. The lowest BCUT2D eigenvalue weighted by molar-refractivity contribution is -0.141. The molecule has 0 radical (unpaired) electrons. The highest BCUT2D eigenvalue weighted by atomic mass is 79.9. The highest BCUT2D eigenvalue weighted by Crippen LogP contribution is 2.33. The van der Waals surface area contributed by atoms with E-state index in [2.05, 4.69) is 20.9 Å². The fraction of sp³-hybridized carbons (Fsp3) is 0.333. The summed E-state index contributed by atoms with van der Waals surface area (Å²) in [6.45, 7) is 0. The minimum atomic E-state index is -4.93. The largest absolute Gasteiger partial charge is 0.434 e. The number of pyridine rings is 1. The quantitative estimate of drug-likeness (QED) is 0.615. The third-order valence-electron chi connectivity index (χ3n) is 1.87. The van der Waals surface area contributed by atoms with Crippen LogP contribution in [0.5, 0.6) is 0 Å². The summed E-state index contributed by atoms with van der Waals surface area (Å²) in [6.07, 6.45) is -8.06. The lowest BCUT2D eigenvalue weighted by atomic mass is 10.1. The number of rotatable bonds is 2. The van der Waals surface area contributed by atoms with Gasteiger partial charge in [0.15, 0.2) is 5.69 Å². The van der Waals surface area contributed by atoms with Crippen molar-refractivity contribution in [1.29, 1.82) is 5.26 Å². The minimum absolute atomic E-state index is 0.105. The molecule has 0 fully saturated rings. The Morgan fingerprint density at radius 3 is 2.35 bits per heavy atom. The van der Waals surface area contributed by atoms with Gasteiger partial charge < -0.3 is 0 Å². The fourth-order valence-electron chi connectivity index (χ4n) is 1.17. The molecule has 2 nitrogen and oxygen atoms in total. The number of aromatic nitrogens is 1. The zero-order valence-electron chi connectivity index (χ0n) is 8.02. The number of hydrogen-bond acceptors (Lipinski definition) is 2. The summed E-state index contributed by atoms with van der Waals surface area (Å²) in [5.41, 5.74) is -3.45. The molecular formula is C9H4BrF5N2. The zero-order valence-corrected chi connectivity index (χ0v) is 9.61. The van der Waals surface area contributed by atoms with Crippen LogP contribution in [0, 0.1) is 11.3 Å². The van der Waals surface area contributed by atoms with Gasteiger partial charge in [0.25, 0.3) is 6.43 Å². The molecule has 0 bridgehead atoms. The average molecular weight is 315 g/mol. The Bertz CT molecular complexity index is 464. The predicted molar refractivity (Wildman–Crippen MR) is 51.5 cm³/mol. The monoisotopic (exact) mass is 314 g/mol. The van der Waals surface area contributed by atoms with Gasteiger partial charge in [-0.1, -0.05) is 15.9 Å². The van der Waals surface area contributed by atoms with E-state index < -0.39 is 29.6 Å². The SMILES string of the molecule is N#Cc1cc(CBr)c(C(F)F)nc1C(F)(F)F. The van der Waals surface area contributed by atoms with E-state index in [9.17, 15) is 22.0 Å². The van der Waals surface area contributed by atoms with Crippen molar-refractivity contribution in [2.75, 3.05) is 0 Å². The molecule has 1 heterocycles. The standard InChI is InChI=1S/C9H4BrF5N2/c10-2-4-1-5(3-16)7(9(13,14)15)17-6(4)8(11)12/h1,8H,2H2. The molecule has 17 heavy (non-hydrogen) atoms. The van der Waals surface area contributed by atoms with Gasteiger partial charge in [-0.05, 0) is 11.6 Å².